The van der Waals surface area contributed by atoms with Crippen LogP contribution in [-0.4, -0.2) is 49.3 Å². The molecule has 2 fully saturated rings. The Hall–Kier alpha value is -2.52. The van der Waals surface area contributed by atoms with Crippen molar-refractivity contribution in [2.24, 2.45) is 5.92 Å². The number of aliphatic hydroxyl groups excluding tert-OH is 1. The van der Waals surface area contributed by atoms with Crippen molar-refractivity contribution in [2.75, 3.05) is 23.0 Å². The number of hydrogen-bond acceptors (Lipinski definition) is 5. The maximum absolute atomic E-state index is 14.3. The van der Waals surface area contributed by atoms with Gasteiger partial charge in [0.2, 0.25) is 5.91 Å². The van der Waals surface area contributed by atoms with E-state index in [2.05, 4.69) is 0 Å². The van der Waals surface area contributed by atoms with Crippen molar-refractivity contribution in [1.82, 2.24) is 0 Å². The van der Waals surface area contributed by atoms with E-state index in [1.807, 2.05) is 73.4 Å². The summed E-state index contributed by atoms with van der Waals surface area (Å²) < 4.78 is 6.61. The van der Waals surface area contributed by atoms with Gasteiger partial charge < -0.3 is 24.4 Å². The molecule has 5 rings (SSSR count). The molecule has 2 aromatic carbocycles. The van der Waals surface area contributed by atoms with Gasteiger partial charge in [-0.25, -0.2) is 0 Å². The van der Waals surface area contributed by atoms with Gasteiger partial charge in [0.25, 0.3) is 5.91 Å². The number of hydrogen-bond donors (Lipinski definition) is 2. The predicted octanol–water partition coefficient (Wildman–Crippen LogP) is 3.93. The normalized spacial score (nSPS) is 28.3. The Balaban J connectivity index is 1.51. The number of aliphatic hydroxyl groups is 1. The molecule has 4 atom stereocenters. The topological polar surface area (TPSA) is 90.3 Å². The molecule has 8 heteroatoms. The highest BCUT2D eigenvalue weighted by molar-refractivity contribution is 6.71. The number of carbonyl (C=O) groups excluding carboxylic acids is 2. The van der Waals surface area contributed by atoms with Gasteiger partial charge in [0.1, 0.15) is 0 Å². The second-order valence-electron chi connectivity index (χ2n) is 11.0. The van der Waals surface area contributed by atoms with Crippen molar-refractivity contribution in [3.8, 4) is 0 Å². The van der Waals surface area contributed by atoms with E-state index in [0.29, 0.717) is 19.4 Å². The first-order chi connectivity index (χ1) is 17.2. The van der Waals surface area contributed by atoms with Crippen LogP contribution in [0.25, 0.3) is 0 Å². The average molecular weight is 509 g/mol. The number of carbonyl (C=O) groups is 2. The molecule has 0 aromatic heterocycles. The molecule has 7 nitrogen and oxygen atoms in total. The van der Waals surface area contributed by atoms with E-state index in [0.717, 1.165) is 41.9 Å². The lowest BCUT2D eigenvalue weighted by atomic mass is 9.82. The van der Waals surface area contributed by atoms with Crippen molar-refractivity contribution in [3.63, 3.8) is 0 Å². The molecule has 2 amide bonds. The Kier molecular flexibility index (Phi) is 6.57. The van der Waals surface area contributed by atoms with Gasteiger partial charge >= 0.3 is 0 Å². The molecule has 2 N–H and O–H groups in total. The SMILES string of the molecule is C[C@@H]1[C@@H]([Si](C)(C)O)[C@H](CCO)O[C@@]12C(=O)N(Cc1cccc(N3CCCCC3=O)c1)c1ccccc12. The quantitative estimate of drug-likeness (QED) is 0.577. The largest absolute Gasteiger partial charge is 0.432 e. The smallest absolute Gasteiger partial charge is 0.264 e. The van der Waals surface area contributed by atoms with Gasteiger partial charge in [-0.3, -0.25) is 9.59 Å². The van der Waals surface area contributed by atoms with Gasteiger partial charge in [-0.1, -0.05) is 37.3 Å². The number of fused-ring (bicyclic) bond motifs is 2. The van der Waals surface area contributed by atoms with Crippen LogP contribution in [0.2, 0.25) is 18.6 Å². The maximum atomic E-state index is 14.3. The van der Waals surface area contributed by atoms with Crippen molar-refractivity contribution in [1.29, 1.82) is 0 Å². The van der Waals surface area contributed by atoms with E-state index in [1.54, 1.807) is 4.90 Å². The summed E-state index contributed by atoms with van der Waals surface area (Å²) >= 11 is 0. The fourth-order valence-corrected chi connectivity index (χ4v) is 9.27. The summed E-state index contributed by atoms with van der Waals surface area (Å²) in [6.45, 7) is 6.80. The molecule has 1 spiro atoms. The van der Waals surface area contributed by atoms with Gasteiger partial charge in [0.05, 0.1) is 18.3 Å². The van der Waals surface area contributed by atoms with Crippen LogP contribution in [0.4, 0.5) is 11.4 Å². The van der Waals surface area contributed by atoms with Crippen LogP contribution in [0.3, 0.4) is 0 Å². The monoisotopic (exact) mass is 508 g/mol. The standard InChI is InChI=1S/C28H36N2O5Si/c1-19-26(36(2,3)34)24(14-16-31)35-28(19)22-11-4-5-12-23(22)30(27(28)33)18-20-9-8-10-21(17-20)29-15-7-6-13-25(29)32/h4-5,8-12,17,19,24,26,31,34H,6-7,13-16,18H2,1-3H3/t19-,24+,26-,28+/m1/s1. The van der Waals surface area contributed by atoms with E-state index in [-0.39, 0.29) is 36.0 Å². The minimum atomic E-state index is -2.71. The molecule has 0 aliphatic carbocycles. The molecule has 192 valence electrons. The summed E-state index contributed by atoms with van der Waals surface area (Å²) in [6, 6.07) is 15.6. The maximum Gasteiger partial charge on any atom is 0.264 e. The number of anilines is 2. The minimum Gasteiger partial charge on any atom is -0.432 e. The molecule has 0 unspecified atom stereocenters. The van der Waals surface area contributed by atoms with Crippen molar-refractivity contribution in [2.45, 2.75) is 69.5 Å². The number of amides is 2. The summed E-state index contributed by atoms with van der Waals surface area (Å²) in [5.74, 6) is -0.221. The van der Waals surface area contributed by atoms with E-state index in [9.17, 15) is 19.5 Å². The van der Waals surface area contributed by atoms with Crippen molar-refractivity contribution in [3.05, 3.63) is 59.7 Å². The number of ether oxygens (including phenoxy) is 1. The zero-order valence-electron chi connectivity index (χ0n) is 21.3. The highest BCUT2D eigenvalue weighted by Crippen LogP contribution is 2.59. The summed E-state index contributed by atoms with van der Waals surface area (Å²) in [5, 5.41) is 9.72. The van der Waals surface area contributed by atoms with Crippen LogP contribution in [0.1, 0.15) is 43.7 Å². The summed E-state index contributed by atoms with van der Waals surface area (Å²) in [6.07, 6.45) is 2.49. The molecular weight excluding hydrogens is 472 g/mol. The Morgan fingerprint density at radius 2 is 1.89 bits per heavy atom. The van der Waals surface area contributed by atoms with E-state index in [4.69, 9.17) is 4.74 Å². The van der Waals surface area contributed by atoms with Crippen LogP contribution in [0, 0.1) is 5.92 Å². The minimum absolute atomic E-state index is 0.0595. The molecule has 36 heavy (non-hydrogen) atoms. The molecule has 0 radical (unpaired) electrons. The lowest BCUT2D eigenvalue weighted by molar-refractivity contribution is -0.146. The Labute approximate surface area is 213 Å². The highest BCUT2D eigenvalue weighted by atomic mass is 28.4. The Bertz CT molecular complexity index is 1160. The Morgan fingerprint density at radius 1 is 1.11 bits per heavy atom. The van der Waals surface area contributed by atoms with Gasteiger partial charge in [0, 0.05) is 42.3 Å². The fourth-order valence-electron chi connectivity index (χ4n) is 6.67. The van der Waals surface area contributed by atoms with Crippen LogP contribution < -0.4 is 9.80 Å². The summed E-state index contributed by atoms with van der Waals surface area (Å²) in [4.78, 5) is 41.5. The second kappa shape index (κ2) is 9.41. The van der Waals surface area contributed by atoms with Crippen LogP contribution in [0.15, 0.2) is 48.5 Å². The van der Waals surface area contributed by atoms with Crippen LogP contribution >= 0.6 is 0 Å². The van der Waals surface area contributed by atoms with E-state index < -0.39 is 13.9 Å². The van der Waals surface area contributed by atoms with Crippen LogP contribution in [0.5, 0.6) is 0 Å². The number of para-hydroxylation sites is 1. The molecule has 2 aromatic rings. The number of benzene rings is 2. The first kappa shape index (κ1) is 25.1. The molecule has 0 saturated carbocycles. The van der Waals surface area contributed by atoms with E-state index >= 15 is 0 Å². The second-order valence-corrected chi connectivity index (χ2v) is 14.9. The Morgan fingerprint density at radius 3 is 2.61 bits per heavy atom. The summed E-state index contributed by atoms with van der Waals surface area (Å²) in [5.41, 5.74) is 2.08. The predicted molar refractivity (Wildman–Crippen MR) is 141 cm³/mol. The van der Waals surface area contributed by atoms with Crippen molar-refractivity contribution < 1.29 is 24.2 Å². The summed E-state index contributed by atoms with van der Waals surface area (Å²) in [7, 11) is -2.71. The highest BCUT2D eigenvalue weighted by Gasteiger charge is 2.65. The van der Waals surface area contributed by atoms with Crippen molar-refractivity contribution >= 4 is 31.5 Å². The van der Waals surface area contributed by atoms with Gasteiger partial charge in [0.15, 0.2) is 13.9 Å². The first-order valence-corrected chi connectivity index (χ1v) is 16.0. The number of rotatable bonds is 6. The zero-order chi connectivity index (χ0) is 25.7. The third-order valence-corrected chi connectivity index (χ3v) is 10.7. The third-order valence-electron chi connectivity index (χ3n) is 8.19. The molecule has 0 bridgehead atoms. The molecule has 3 aliphatic rings. The third kappa shape index (κ3) is 4.00. The first-order valence-electron chi connectivity index (χ1n) is 13.0. The lowest BCUT2D eigenvalue weighted by Crippen LogP contribution is -2.46. The molecule has 2 saturated heterocycles. The molecule has 3 heterocycles. The average Bonchev–Trinajstić information content (AvgIpc) is 3.27. The van der Waals surface area contributed by atoms with E-state index in [1.165, 1.54) is 0 Å². The zero-order valence-corrected chi connectivity index (χ0v) is 22.3. The molecular formula is C28H36N2O5Si. The number of nitrogens with zero attached hydrogens (tertiary/aromatic N) is 2. The lowest BCUT2D eigenvalue weighted by Gasteiger charge is -2.32. The van der Waals surface area contributed by atoms with Gasteiger partial charge in [-0.05, 0) is 56.1 Å². The number of piperidine rings is 1. The van der Waals surface area contributed by atoms with Gasteiger partial charge in [-0.2, -0.15) is 0 Å². The van der Waals surface area contributed by atoms with Crippen LogP contribution in [-0.2, 0) is 26.5 Å². The fraction of sp³-hybridized carbons (Fsp3) is 0.500. The van der Waals surface area contributed by atoms with Gasteiger partial charge in [-0.15, -0.1) is 0 Å². The molecule has 3 aliphatic heterocycles.